The average molecular weight is 420 g/mol. The van der Waals surface area contributed by atoms with E-state index in [-0.39, 0.29) is 18.6 Å². The first kappa shape index (κ1) is 18.7. The molecule has 0 unspecified atom stereocenters. The van der Waals surface area contributed by atoms with Crippen LogP contribution in [0.2, 0.25) is 5.02 Å². The van der Waals surface area contributed by atoms with Crippen molar-refractivity contribution in [2.75, 3.05) is 0 Å². The molecule has 0 bridgehead atoms. The molecule has 2 N–H and O–H groups in total. The van der Waals surface area contributed by atoms with Gasteiger partial charge in [0.2, 0.25) is 10.0 Å². The zero-order valence-electron chi connectivity index (χ0n) is 14.3. The predicted octanol–water partition coefficient (Wildman–Crippen LogP) is 4.40. The highest BCUT2D eigenvalue weighted by Gasteiger charge is 2.41. The van der Waals surface area contributed by atoms with E-state index in [1.165, 1.54) is 11.3 Å². The van der Waals surface area contributed by atoms with Crippen molar-refractivity contribution in [1.82, 2.24) is 4.72 Å². The molecule has 4 nitrogen and oxygen atoms in total. The topological polar surface area (TPSA) is 66.4 Å². The van der Waals surface area contributed by atoms with Crippen LogP contribution < -0.4 is 4.72 Å². The molecule has 4 rings (SSSR count). The molecule has 0 amide bonds. The molecule has 1 saturated carbocycles. The first-order chi connectivity index (χ1) is 13.0. The second-order valence-electron chi connectivity index (χ2n) is 6.60. The standard InChI is InChI=1S/C20H18ClNO3S2/c21-16-6-4-14(5-7-16)19-8-9-20(26-19)27(24,25)22-18-11-17(18)15-3-1-2-13(10-15)12-23/h1-10,17-18,22-23H,11-12H2/t17-,18+/m1/s1. The van der Waals surface area contributed by atoms with E-state index in [9.17, 15) is 13.5 Å². The summed E-state index contributed by atoms with van der Waals surface area (Å²) < 4.78 is 28.6. The lowest BCUT2D eigenvalue weighted by Crippen LogP contribution is -2.26. The van der Waals surface area contributed by atoms with Crippen LogP contribution in [0.3, 0.4) is 0 Å². The van der Waals surface area contributed by atoms with E-state index >= 15 is 0 Å². The Morgan fingerprint density at radius 1 is 1.11 bits per heavy atom. The van der Waals surface area contributed by atoms with E-state index in [1.807, 2.05) is 42.5 Å². The summed E-state index contributed by atoms with van der Waals surface area (Å²) >= 11 is 7.15. The van der Waals surface area contributed by atoms with Gasteiger partial charge in [-0.1, -0.05) is 48.0 Å². The summed E-state index contributed by atoms with van der Waals surface area (Å²) in [5, 5.41) is 9.91. The minimum absolute atomic E-state index is 0.0143. The van der Waals surface area contributed by atoms with Crippen LogP contribution in [-0.4, -0.2) is 19.6 Å². The van der Waals surface area contributed by atoms with Crippen molar-refractivity contribution >= 4 is 33.0 Å². The van der Waals surface area contributed by atoms with Crippen molar-refractivity contribution < 1.29 is 13.5 Å². The van der Waals surface area contributed by atoms with Crippen LogP contribution in [0.25, 0.3) is 10.4 Å². The summed E-state index contributed by atoms with van der Waals surface area (Å²) in [4.78, 5) is 0.884. The fraction of sp³-hybridized carbons (Fsp3) is 0.200. The van der Waals surface area contributed by atoms with Gasteiger partial charge >= 0.3 is 0 Å². The molecule has 1 aliphatic rings. The summed E-state index contributed by atoms with van der Waals surface area (Å²) in [7, 11) is -3.56. The average Bonchev–Trinajstić information content (AvgIpc) is 3.22. The first-order valence-electron chi connectivity index (χ1n) is 8.54. The van der Waals surface area contributed by atoms with E-state index in [1.54, 1.807) is 18.2 Å². The molecule has 1 heterocycles. The molecule has 2 aromatic carbocycles. The normalized spacial score (nSPS) is 19.2. The van der Waals surface area contributed by atoms with Crippen molar-refractivity contribution in [3.8, 4) is 10.4 Å². The Bertz CT molecular complexity index is 1060. The van der Waals surface area contributed by atoms with Crippen molar-refractivity contribution in [2.24, 2.45) is 0 Å². The molecule has 140 valence electrons. The van der Waals surface area contributed by atoms with Gasteiger partial charge in [0, 0.05) is 21.9 Å². The summed E-state index contributed by atoms with van der Waals surface area (Å²) in [6, 6.07) is 18.3. The highest BCUT2D eigenvalue weighted by atomic mass is 35.5. The number of hydrogen-bond acceptors (Lipinski definition) is 4. The molecular formula is C20H18ClNO3S2. The van der Waals surface area contributed by atoms with Crippen molar-refractivity contribution in [3.63, 3.8) is 0 Å². The van der Waals surface area contributed by atoms with E-state index in [0.29, 0.717) is 9.23 Å². The number of sulfonamides is 1. The fourth-order valence-electron chi connectivity index (χ4n) is 3.11. The molecule has 1 aliphatic carbocycles. The zero-order valence-corrected chi connectivity index (χ0v) is 16.7. The summed E-state index contributed by atoms with van der Waals surface area (Å²) in [6.07, 6.45) is 0.767. The van der Waals surface area contributed by atoms with Crippen LogP contribution in [-0.2, 0) is 16.6 Å². The van der Waals surface area contributed by atoms with Gasteiger partial charge in [-0.25, -0.2) is 13.1 Å². The Labute approximate surface area is 167 Å². The quantitative estimate of drug-likeness (QED) is 0.622. The second-order valence-corrected chi connectivity index (χ2v) is 10.1. The number of rotatable bonds is 6. The first-order valence-corrected chi connectivity index (χ1v) is 11.2. The van der Waals surface area contributed by atoms with Crippen LogP contribution >= 0.6 is 22.9 Å². The SMILES string of the molecule is O=S(=O)(N[C@H]1C[C@@H]1c1cccc(CO)c1)c1ccc(-c2ccc(Cl)cc2)s1. The maximum Gasteiger partial charge on any atom is 0.250 e. The van der Waals surface area contributed by atoms with Gasteiger partial charge in [-0.15, -0.1) is 11.3 Å². The molecule has 0 spiro atoms. The third kappa shape index (κ3) is 4.10. The van der Waals surface area contributed by atoms with E-state index < -0.39 is 10.0 Å². The largest absolute Gasteiger partial charge is 0.392 e. The maximum absolute atomic E-state index is 12.7. The molecule has 0 aliphatic heterocycles. The third-order valence-corrected chi connectivity index (χ3v) is 8.00. The van der Waals surface area contributed by atoms with Crippen LogP contribution in [0.1, 0.15) is 23.5 Å². The molecule has 7 heteroatoms. The molecule has 1 aromatic heterocycles. The van der Waals surface area contributed by atoms with Gasteiger partial charge in [-0.3, -0.25) is 0 Å². The van der Waals surface area contributed by atoms with Gasteiger partial charge in [0.25, 0.3) is 0 Å². The second kappa shape index (κ2) is 7.37. The molecular weight excluding hydrogens is 402 g/mol. The predicted molar refractivity (Wildman–Crippen MR) is 109 cm³/mol. The van der Waals surface area contributed by atoms with Gasteiger partial charge in [-0.2, -0.15) is 0 Å². The molecule has 2 atom stereocenters. The van der Waals surface area contributed by atoms with Gasteiger partial charge < -0.3 is 5.11 Å². The third-order valence-electron chi connectivity index (χ3n) is 4.63. The highest BCUT2D eigenvalue weighted by Crippen LogP contribution is 2.42. The molecule has 0 radical (unpaired) electrons. The number of aliphatic hydroxyl groups is 1. The Kier molecular flexibility index (Phi) is 5.09. The summed E-state index contributed by atoms with van der Waals surface area (Å²) in [5.74, 6) is 0.155. The van der Waals surface area contributed by atoms with Crippen molar-refractivity contribution in [1.29, 1.82) is 0 Å². The Hall–Kier alpha value is -1.70. The molecule has 27 heavy (non-hydrogen) atoms. The molecule has 0 saturated heterocycles. The van der Waals surface area contributed by atoms with Crippen LogP contribution in [0.5, 0.6) is 0 Å². The van der Waals surface area contributed by atoms with E-state index in [4.69, 9.17) is 11.6 Å². The maximum atomic E-state index is 12.7. The monoisotopic (exact) mass is 419 g/mol. The van der Waals surface area contributed by atoms with E-state index in [2.05, 4.69) is 4.72 Å². The number of benzene rings is 2. The van der Waals surface area contributed by atoms with Crippen LogP contribution in [0.15, 0.2) is 64.9 Å². The lowest BCUT2D eigenvalue weighted by atomic mass is 10.1. The molecule has 1 fully saturated rings. The zero-order chi connectivity index (χ0) is 19.0. The minimum atomic E-state index is -3.56. The minimum Gasteiger partial charge on any atom is -0.392 e. The van der Waals surface area contributed by atoms with Gasteiger partial charge in [0.05, 0.1) is 6.61 Å². The number of nitrogens with one attached hydrogen (secondary N) is 1. The number of aliphatic hydroxyl groups excluding tert-OH is 1. The van der Waals surface area contributed by atoms with Gasteiger partial charge in [-0.05, 0) is 47.4 Å². The van der Waals surface area contributed by atoms with Crippen LogP contribution in [0.4, 0.5) is 0 Å². The lowest BCUT2D eigenvalue weighted by Gasteiger charge is -2.05. The number of thiophene rings is 1. The highest BCUT2D eigenvalue weighted by molar-refractivity contribution is 7.91. The van der Waals surface area contributed by atoms with Crippen LogP contribution in [0, 0.1) is 0 Å². The summed E-state index contributed by atoms with van der Waals surface area (Å²) in [5.41, 5.74) is 2.84. The summed E-state index contributed by atoms with van der Waals surface area (Å²) in [6.45, 7) is -0.0143. The Morgan fingerprint density at radius 2 is 1.89 bits per heavy atom. The number of halogens is 1. The fourth-order valence-corrected chi connectivity index (χ4v) is 5.85. The lowest BCUT2D eigenvalue weighted by molar-refractivity contribution is 0.281. The van der Waals surface area contributed by atoms with Gasteiger partial charge in [0.15, 0.2) is 0 Å². The van der Waals surface area contributed by atoms with Gasteiger partial charge in [0.1, 0.15) is 4.21 Å². The van der Waals surface area contributed by atoms with Crippen molar-refractivity contribution in [2.45, 2.75) is 29.2 Å². The molecule has 3 aromatic rings. The Morgan fingerprint density at radius 3 is 2.63 bits per heavy atom. The Balaban J connectivity index is 1.47. The smallest absolute Gasteiger partial charge is 0.250 e. The van der Waals surface area contributed by atoms with Crippen molar-refractivity contribution in [3.05, 3.63) is 76.8 Å². The number of hydrogen-bond donors (Lipinski definition) is 2. The van der Waals surface area contributed by atoms with E-state index in [0.717, 1.165) is 28.0 Å².